The molecule has 2 aliphatic rings. The number of hydrogen-bond donors (Lipinski definition) is 3. The van der Waals surface area contributed by atoms with Crippen LogP contribution in [0.5, 0.6) is 5.75 Å². The number of carbonyl (C=O) groups excluding carboxylic acids is 4. The van der Waals surface area contributed by atoms with Crippen molar-refractivity contribution in [1.82, 2.24) is 15.2 Å². The predicted octanol–water partition coefficient (Wildman–Crippen LogP) is 2.23. The van der Waals surface area contributed by atoms with Gasteiger partial charge in [-0.3, -0.25) is 14.5 Å². The van der Waals surface area contributed by atoms with Crippen molar-refractivity contribution in [2.75, 3.05) is 18.1 Å². The van der Waals surface area contributed by atoms with Crippen LogP contribution in [0.1, 0.15) is 26.5 Å². The number of anilines is 1. The highest BCUT2D eigenvalue weighted by Gasteiger charge is 2.55. The van der Waals surface area contributed by atoms with E-state index in [1.807, 2.05) is 0 Å². The van der Waals surface area contributed by atoms with Gasteiger partial charge in [0.1, 0.15) is 41.0 Å². The summed E-state index contributed by atoms with van der Waals surface area (Å²) >= 11 is 2.25. The maximum Gasteiger partial charge on any atom is 0.511 e. The standard InChI is InChI=1S/C25H26FN5O9S2/c1-11(2)38-25(35)40-12(3)39-23(34)19-13(8-37-15-6-4-5-14(26)7-15)9-41-22-18(21(33)31(19)22)29-20(32)17(30-36)16-10-42-24(27)28-16/h4-7,10-12,18,22,36H,8-9H2,1-3H3,(H2,27,28)(H,29,32)/b30-17-/t12?,18?,22-/m1/s1. The second-order valence-electron chi connectivity index (χ2n) is 9.09. The van der Waals surface area contributed by atoms with Crippen LogP contribution in [0.2, 0.25) is 0 Å². The molecule has 17 heteroatoms. The van der Waals surface area contributed by atoms with Gasteiger partial charge in [-0.1, -0.05) is 11.2 Å². The number of oxime groups is 1. The second-order valence-corrected chi connectivity index (χ2v) is 11.1. The Kier molecular flexibility index (Phi) is 9.52. The lowest BCUT2D eigenvalue weighted by molar-refractivity contribution is -0.169. The van der Waals surface area contributed by atoms with Gasteiger partial charge in [0, 0.05) is 29.7 Å². The predicted molar refractivity (Wildman–Crippen MR) is 147 cm³/mol. The van der Waals surface area contributed by atoms with Crippen LogP contribution < -0.4 is 15.8 Å². The number of hydrogen-bond acceptors (Lipinski definition) is 14. The van der Waals surface area contributed by atoms with E-state index in [1.54, 1.807) is 13.8 Å². The number of fused-ring (bicyclic) bond motifs is 1. The van der Waals surface area contributed by atoms with Crippen molar-refractivity contribution in [2.45, 2.75) is 44.6 Å². The third-order valence-corrected chi connectivity index (χ3v) is 7.70. The quantitative estimate of drug-likeness (QED) is 0.0874. The van der Waals surface area contributed by atoms with E-state index in [2.05, 4.69) is 15.5 Å². The Morgan fingerprint density at radius 1 is 1.26 bits per heavy atom. The fourth-order valence-electron chi connectivity index (χ4n) is 3.92. The number of aromatic nitrogens is 1. The molecule has 42 heavy (non-hydrogen) atoms. The number of nitrogens with one attached hydrogen (secondary N) is 1. The van der Waals surface area contributed by atoms with Crippen molar-refractivity contribution in [2.24, 2.45) is 5.16 Å². The second kappa shape index (κ2) is 13.1. The first-order chi connectivity index (χ1) is 20.0. The van der Waals surface area contributed by atoms with Crippen molar-refractivity contribution in [3.05, 3.63) is 52.4 Å². The summed E-state index contributed by atoms with van der Waals surface area (Å²) < 4.78 is 34.4. The van der Waals surface area contributed by atoms with E-state index in [9.17, 15) is 28.8 Å². The molecule has 14 nitrogen and oxygen atoms in total. The Morgan fingerprint density at radius 3 is 2.67 bits per heavy atom. The van der Waals surface area contributed by atoms with Crippen LogP contribution in [-0.2, 0) is 28.6 Å². The number of β-lactam (4-membered cyclic amide) rings is 1. The van der Waals surface area contributed by atoms with Gasteiger partial charge in [0.15, 0.2) is 10.8 Å². The number of nitrogens with two attached hydrogens (primary N) is 1. The molecule has 1 fully saturated rings. The fraction of sp³-hybridized carbons (Fsp3) is 0.360. The minimum absolute atomic E-state index is 0.0170. The summed E-state index contributed by atoms with van der Waals surface area (Å²) in [7, 11) is 0. The molecule has 4 rings (SSSR count). The summed E-state index contributed by atoms with van der Waals surface area (Å²) in [5.41, 5.74) is 5.31. The molecule has 0 radical (unpaired) electrons. The van der Waals surface area contributed by atoms with Crippen LogP contribution in [0.3, 0.4) is 0 Å². The first kappa shape index (κ1) is 30.6. The number of rotatable bonds is 10. The van der Waals surface area contributed by atoms with Gasteiger partial charge in [0.25, 0.3) is 11.8 Å². The third kappa shape index (κ3) is 6.91. The molecule has 2 aromatic rings. The van der Waals surface area contributed by atoms with Crippen molar-refractivity contribution >= 4 is 57.9 Å². The molecular formula is C25H26FN5O9S2. The van der Waals surface area contributed by atoms with Crippen molar-refractivity contribution in [1.29, 1.82) is 0 Å². The molecule has 0 aliphatic carbocycles. The summed E-state index contributed by atoms with van der Waals surface area (Å²) in [6, 6.07) is 4.27. The number of halogens is 1. The smallest absolute Gasteiger partial charge is 0.489 e. The number of thiazole rings is 1. The van der Waals surface area contributed by atoms with Gasteiger partial charge in [-0.2, -0.15) is 0 Å². The van der Waals surface area contributed by atoms with Gasteiger partial charge in [-0.05, 0) is 26.0 Å². The average molecular weight is 624 g/mol. The monoisotopic (exact) mass is 623 g/mol. The maximum absolute atomic E-state index is 13.6. The topological polar surface area (TPSA) is 192 Å². The molecule has 1 saturated heterocycles. The van der Waals surface area contributed by atoms with Gasteiger partial charge in [-0.25, -0.2) is 19.0 Å². The van der Waals surface area contributed by atoms with E-state index in [0.29, 0.717) is 5.57 Å². The number of benzene rings is 1. The zero-order valence-corrected chi connectivity index (χ0v) is 24.1. The molecule has 2 aliphatic heterocycles. The summed E-state index contributed by atoms with van der Waals surface area (Å²) in [5, 5.41) is 15.7. The lowest BCUT2D eigenvalue weighted by atomic mass is 10.0. The fourth-order valence-corrected chi connectivity index (χ4v) is 5.79. The Bertz CT molecular complexity index is 1450. The van der Waals surface area contributed by atoms with Crippen molar-refractivity contribution in [3.63, 3.8) is 0 Å². The van der Waals surface area contributed by atoms with Crippen LogP contribution in [0.15, 0.2) is 46.1 Å². The zero-order chi connectivity index (χ0) is 30.6. The zero-order valence-electron chi connectivity index (χ0n) is 22.4. The van der Waals surface area contributed by atoms with Crippen LogP contribution in [0.25, 0.3) is 0 Å². The molecule has 0 spiro atoms. The van der Waals surface area contributed by atoms with Crippen LogP contribution in [-0.4, -0.2) is 80.9 Å². The first-order valence-electron chi connectivity index (χ1n) is 12.4. The molecule has 0 saturated carbocycles. The number of nitrogen functional groups attached to an aromatic ring is 1. The molecule has 1 aromatic carbocycles. The highest BCUT2D eigenvalue weighted by atomic mass is 32.2. The molecule has 2 amide bonds. The first-order valence-corrected chi connectivity index (χ1v) is 14.3. The molecule has 3 heterocycles. The third-order valence-electron chi connectivity index (χ3n) is 5.68. The molecule has 2 unspecified atom stereocenters. The number of esters is 1. The van der Waals surface area contributed by atoms with Gasteiger partial charge in [0.2, 0.25) is 6.29 Å². The molecular weight excluding hydrogens is 597 g/mol. The van der Waals surface area contributed by atoms with Crippen LogP contribution in [0, 0.1) is 5.82 Å². The largest absolute Gasteiger partial charge is 0.511 e. The van der Waals surface area contributed by atoms with E-state index in [0.717, 1.165) is 22.3 Å². The number of thioether (sulfide) groups is 1. The van der Waals surface area contributed by atoms with E-state index in [4.69, 9.17) is 24.7 Å². The molecule has 0 bridgehead atoms. The summed E-state index contributed by atoms with van der Waals surface area (Å²) in [6.45, 7) is 4.31. The van der Waals surface area contributed by atoms with Crippen molar-refractivity contribution < 1.29 is 47.7 Å². The minimum atomic E-state index is -1.38. The van der Waals surface area contributed by atoms with E-state index >= 15 is 0 Å². The Labute approximate surface area is 246 Å². The molecule has 4 N–H and O–H groups in total. The number of carbonyl (C=O) groups is 4. The highest BCUT2D eigenvalue weighted by molar-refractivity contribution is 8.00. The average Bonchev–Trinajstić information content (AvgIpc) is 3.35. The van der Waals surface area contributed by atoms with Gasteiger partial charge >= 0.3 is 12.1 Å². The highest BCUT2D eigenvalue weighted by Crippen LogP contribution is 2.41. The Morgan fingerprint density at radius 2 is 2.02 bits per heavy atom. The minimum Gasteiger partial charge on any atom is -0.489 e. The molecule has 1 aromatic heterocycles. The van der Waals surface area contributed by atoms with E-state index in [-0.39, 0.29) is 34.6 Å². The number of nitrogens with zero attached hydrogens (tertiary/aromatic N) is 3. The number of ether oxygens (including phenoxy) is 4. The normalized spacial score (nSPS) is 19.0. The lowest BCUT2D eigenvalue weighted by Crippen LogP contribution is -2.71. The lowest BCUT2D eigenvalue weighted by Gasteiger charge is -2.49. The molecule has 3 atom stereocenters. The van der Waals surface area contributed by atoms with Gasteiger partial charge in [0.05, 0.1) is 6.10 Å². The maximum atomic E-state index is 13.6. The SMILES string of the molecule is CC(C)OC(=O)OC(C)OC(=O)C1=C(COc2cccc(F)c2)CS[C@@H]2C(NC(=O)/C(=N\O)c3csc(N)n3)C(=O)N12. The van der Waals surface area contributed by atoms with E-state index < -0.39 is 59.3 Å². The van der Waals surface area contributed by atoms with E-state index in [1.165, 1.54) is 42.3 Å². The van der Waals surface area contributed by atoms with Crippen LogP contribution in [0.4, 0.5) is 14.3 Å². The number of amides is 2. The van der Waals surface area contributed by atoms with Crippen LogP contribution >= 0.6 is 23.1 Å². The Balaban J connectivity index is 1.53. The molecule has 224 valence electrons. The van der Waals surface area contributed by atoms with Gasteiger partial charge < -0.3 is 35.2 Å². The summed E-state index contributed by atoms with van der Waals surface area (Å²) in [6.07, 6.45) is -2.91. The Hall–Kier alpha value is -4.38. The van der Waals surface area contributed by atoms with Gasteiger partial charge in [-0.15, -0.1) is 23.1 Å². The van der Waals surface area contributed by atoms with Crippen molar-refractivity contribution in [3.8, 4) is 5.75 Å². The summed E-state index contributed by atoms with van der Waals surface area (Å²) in [5.74, 6) is -2.74. The summed E-state index contributed by atoms with van der Waals surface area (Å²) in [4.78, 5) is 56.3.